The van der Waals surface area contributed by atoms with Gasteiger partial charge < -0.3 is 15.5 Å². The maximum Gasteiger partial charge on any atom is 0.404 e. The van der Waals surface area contributed by atoms with Crippen LogP contribution in [0.2, 0.25) is 0 Å². The number of aryl methyl sites for hydroxylation is 1. The fourth-order valence-electron chi connectivity index (χ4n) is 1.04. The van der Waals surface area contributed by atoms with Gasteiger partial charge in [0.2, 0.25) is 0 Å². The van der Waals surface area contributed by atoms with Gasteiger partial charge in [-0.3, -0.25) is 4.79 Å². The van der Waals surface area contributed by atoms with Gasteiger partial charge in [-0.05, 0) is 6.92 Å². The third-order valence-corrected chi connectivity index (χ3v) is 4.73. The van der Waals surface area contributed by atoms with E-state index in [0.29, 0.717) is 11.3 Å². The van der Waals surface area contributed by atoms with Crippen molar-refractivity contribution < 1.29 is 17.9 Å². The first-order valence-corrected chi connectivity index (χ1v) is 6.74. The number of primary amides is 1. The number of sulfonamides is 1. The van der Waals surface area contributed by atoms with Crippen LogP contribution in [0.25, 0.3) is 0 Å². The van der Waals surface area contributed by atoms with Gasteiger partial charge in [0.05, 0.1) is 0 Å². The average molecular weight is 281 g/mol. The van der Waals surface area contributed by atoms with Crippen molar-refractivity contribution in [2.24, 2.45) is 5.73 Å². The minimum atomic E-state index is -3.76. The number of carbonyl (C=O) groups excluding carboxylic acids is 1. The topological polar surface area (TPSA) is 131 Å². The Bertz CT molecular complexity index is 558. The highest BCUT2D eigenvalue weighted by molar-refractivity contribution is 7.91. The molecule has 0 aromatic carbocycles. The zero-order chi connectivity index (χ0) is 13.1. The van der Waals surface area contributed by atoms with E-state index in [9.17, 15) is 18.0 Å². The van der Waals surface area contributed by atoms with Gasteiger partial charge in [0.25, 0.3) is 10.0 Å². The Labute approximate surface area is 101 Å². The molecule has 1 heterocycles. The van der Waals surface area contributed by atoms with Gasteiger partial charge in [-0.25, -0.2) is 17.9 Å². The van der Waals surface area contributed by atoms with Gasteiger partial charge in [0, 0.05) is 12.2 Å². The van der Waals surface area contributed by atoms with Crippen LogP contribution in [0.3, 0.4) is 0 Å². The molecule has 1 aromatic heterocycles. The molecule has 0 aliphatic rings. The molecule has 0 atom stereocenters. The van der Waals surface area contributed by atoms with Crippen molar-refractivity contribution in [3.05, 3.63) is 15.4 Å². The lowest BCUT2D eigenvalue weighted by Crippen LogP contribution is -2.29. The van der Waals surface area contributed by atoms with Gasteiger partial charge in [-0.2, -0.15) is 0 Å². The maximum atomic E-state index is 11.7. The standard InChI is InChI=1S/C7H11N3O5S2/c1-4-5(16-7(12)10-4)17(13,14)9-2-3-15-6(8)11/h9H,2-3H2,1H3,(H2,8,11)(H,10,12). The summed E-state index contributed by atoms with van der Waals surface area (Å²) in [5.74, 6) is 0. The summed E-state index contributed by atoms with van der Waals surface area (Å²) in [6, 6.07) is 0. The van der Waals surface area contributed by atoms with Crippen LogP contribution in [0.4, 0.5) is 4.79 Å². The molecule has 1 rings (SSSR count). The van der Waals surface area contributed by atoms with E-state index in [1.807, 2.05) is 0 Å². The second-order valence-electron chi connectivity index (χ2n) is 2.99. The molecule has 1 amide bonds. The number of rotatable bonds is 5. The first-order valence-electron chi connectivity index (χ1n) is 4.44. The Morgan fingerprint density at radius 2 is 2.24 bits per heavy atom. The van der Waals surface area contributed by atoms with Crippen molar-refractivity contribution >= 4 is 27.5 Å². The Kier molecular flexibility index (Phi) is 4.26. The molecule has 8 nitrogen and oxygen atoms in total. The number of amides is 1. The number of thiazole rings is 1. The van der Waals surface area contributed by atoms with Crippen molar-refractivity contribution in [3.8, 4) is 0 Å². The van der Waals surface area contributed by atoms with Crippen molar-refractivity contribution in [1.82, 2.24) is 9.71 Å². The second kappa shape index (κ2) is 5.29. The number of carbonyl (C=O) groups is 1. The fourth-order valence-corrected chi connectivity index (χ4v) is 3.40. The molecule has 10 heteroatoms. The van der Waals surface area contributed by atoms with Crippen LogP contribution < -0.4 is 15.3 Å². The van der Waals surface area contributed by atoms with Crippen LogP contribution in [0.5, 0.6) is 0 Å². The summed E-state index contributed by atoms with van der Waals surface area (Å²) in [5.41, 5.74) is 4.97. The molecule has 96 valence electrons. The van der Waals surface area contributed by atoms with E-state index in [4.69, 9.17) is 5.73 Å². The molecule has 4 N–H and O–H groups in total. The van der Waals surface area contributed by atoms with Crippen LogP contribution in [0.15, 0.2) is 9.00 Å². The number of aromatic amines is 1. The molecule has 0 spiro atoms. The highest BCUT2D eigenvalue weighted by Gasteiger charge is 2.19. The lowest BCUT2D eigenvalue weighted by Gasteiger charge is -2.05. The summed E-state index contributed by atoms with van der Waals surface area (Å²) in [4.78, 5) is 23.1. The zero-order valence-corrected chi connectivity index (χ0v) is 10.5. The molecular formula is C7H11N3O5S2. The van der Waals surface area contributed by atoms with Crippen LogP contribution >= 0.6 is 11.3 Å². The zero-order valence-electron chi connectivity index (χ0n) is 8.85. The molecule has 0 fully saturated rings. The fraction of sp³-hybridized carbons (Fsp3) is 0.429. The van der Waals surface area contributed by atoms with E-state index in [1.165, 1.54) is 6.92 Å². The van der Waals surface area contributed by atoms with Crippen molar-refractivity contribution in [2.75, 3.05) is 13.2 Å². The third kappa shape index (κ3) is 3.84. The molecule has 1 aromatic rings. The van der Waals surface area contributed by atoms with Crippen molar-refractivity contribution in [3.63, 3.8) is 0 Å². The minimum Gasteiger partial charge on any atom is -0.448 e. The Morgan fingerprint density at radius 1 is 1.59 bits per heavy atom. The molecule has 0 unspecified atom stereocenters. The van der Waals surface area contributed by atoms with Gasteiger partial charge >= 0.3 is 11.0 Å². The van der Waals surface area contributed by atoms with Gasteiger partial charge in [-0.15, -0.1) is 0 Å². The van der Waals surface area contributed by atoms with Crippen LogP contribution in [0, 0.1) is 6.92 Å². The number of hydrogen-bond acceptors (Lipinski definition) is 6. The van der Waals surface area contributed by atoms with Crippen LogP contribution in [-0.2, 0) is 14.8 Å². The Hall–Kier alpha value is -1.39. The van der Waals surface area contributed by atoms with Crippen LogP contribution in [-0.4, -0.2) is 32.6 Å². The number of ether oxygens (including phenoxy) is 1. The highest BCUT2D eigenvalue weighted by atomic mass is 32.2. The maximum absolute atomic E-state index is 11.7. The molecule has 0 aliphatic carbocycles. The number of nitrogens with two attached hydrogens (primary N) is 1. The smallest absolute Gasteiger partial charge is 0.404 e. The van der Waals surface area contributed by atoms with Crippen molar-refractivity contribution in [2.45, 2.75) is 11.1 Å². The third-order valence-electron chi connectivity index (χ3n) is 1.66. The quantitative estimate of drug-likeness (QED) is 0.603. The summed E-state index contributed by atoms with van der Waals surface area (Å²) >= 11 is 0.592. The summed E-state index contributed by atoms with van der Waals surface area (Å²) in [5, 5.41) is 0. The second-order valence-corrected chi connectivity index (χ2v) is 5.94. The number of H-pyrrole nitrogens is 1. The lowest BCUT2D eigenvalue weighted by atomic mass is 10.6. The Morgan fingerprint density at radius 3 is 2.71 bits per heavy atom. The van der Waals surface area contributed by atoms with E-state index in [1.54, 1.807) is 0 Å². The average Bonchev–Trinajstić information content (AvgIpc) is 2.53. The number of hydrogen-bond donors (Lipinski definition) is 3. The molecule has 0 aliphatic heterocycles. The van der Waals surface area contributed by atoms with E-state index in [0.717, 1.165) is 0 Å². The van der Waals surface area contributed by atoms with Gasteiger partial charge in [0.1, 0.15) is 6.61 Å². The predicted octanol–water partition coefficient (Wildman–Crippen LogP) is -0.882. The van der Waals surface area contributed by atoms with Gasteiger partial charge in [0.15, 0.2) is 4.21 Å². The van der Waals surface area contributed by atoms with E-state index >= 15 is 0 Å². The summed E-state index contributed by atoms with van der Waals surface area (Å²) < 4.78 is 29.8. The normalized spacial score (nSPS) is 11.4. The minimum absolute atomic E-state index is 0.0819. The highest BCUT2D eigenvalue weighted by Crippen LogP contribution is 2.14. The summed E-state index contributed by atoms with van der Waals surface area (Å²) in [7, 11) is -3.76. The predicted molar refractivity (Wildman–Crippen MR) is 60.4 cm³/mol. The monoisotopic (exact) mass is 281 g/mol. The SMILES string of the molecule is Cc1[nH]c(=O)sc1S(=O)(=O)NCCOC(N)=O. The molecule has 0 bridgehead atoms. The first-order chi connectivity index (χ1) is 7.83. The van der Waals surface area contributed by atoms with E-state index in [2.05, 4.69) is 14.4 Å². The molecule has 0 saturated heterocycles. The summed E-state index contributed by atoms with van der Waals surface area (Å²) in [6.07, 6.45) is -0.980. The molecule has 0 saturated carbocycles. The van der Waals surface area contributed by atoms with Crippen LogP contribution in [0.1, 0.15) is 5.69 Å². The molecule has 17 heavy (non-hydrogen) atoms. The number of nitrogens with one attached hydrogen (secondary N) is 2. The van der Waals surface area contributed by atoms with E-state index < -0.39 is 21.0 Å². The van der Waals surface area contributed by atoms with Crippen molar-refractivity contribution in [1.29, 1.82) is 0 Å². The number of aromatic nitrogens is 1. The molecular weight excluding hydrogens is 270 g/mol. The lowest BCUT2D eigenvalue weighted by molar-refractivity contribution is 0.159. The van der Waals surface area contributed by atoms with Gasteiger partial charge in [-0.1, -0.05) is 11.3 Å². The first kappa shape index (κ1) is 13.7. The summed E-state index contributed by atoms with van der Waals surface area (Å²) in [6.45, 7) is 1.19. The Balaban J connectivity index is 2.67. The van der Waals surface area contributed by atoms with E-state index in [-0.39, 0.29) is 23.1 Å². The molecule has 0 radical (unpaired) electrons. The largest absolute Gasteiger partial charge is 0.448 e.